The summed E-state index contributed by atoms with van der Waals surface area (Å²) in [5.41, 5.74) is -1.18. The van der Waals surface area contributed by atoms with Crippen LogP contribution in [0.2, 0.25) is 0 Å². The van der Waals surface area contributed by atoms with Crippen LogP contribution >= 0.6 is 0 Å². The second-order valence-electron chi connectivity index (χ2n) is 8.69. The fraction of sp³-hybridized carbons (Fsp3) is 0.920. The third-order valence-corrected chi connectivity index (χ3v) is 6.39. The van der Waals surface area contributed by atoms with E-state index in [1.54, 1.807) is 0 Å². The highest BCUT2D eigenvalue weighted by atomic mass is 16.6. The van der Waals surface area contributed by atoms with Gasteiger partial charge in [0.2, 0.25) is 0 Å². The molecule has 5 nitrogen and oxygen atoms in total. The third-order valence-electron chi connectivity index (χ3n) is 6.39. The average molecular weight is 427 g/mol. The maximum atomic E-state index is 12.7. The van der Waals surface area contributed by atoms with Gasteiger partial charge in [-0.1, -0.05) is 85.0 Å². The first-order chi connectivity index (χ1) is 14.6. The van der Waals surface area contributed by atoms with Gasteiger partial charge in [-0.05, 0) is 32.1 Å². The molecule has 1 saturated heterocycles. The van der Waals surface area contributed by atoms with Crippen LogP contribution in [0.4, 0.5) is 0 Å². The first-order valence-electron chi connectivity index (χ1n) is 12.6. The van der Waals surface area contributed by atoms with Crippen LogP contribution in [0.3, 0.4) is 0 Å². The number of hydrogen-bond donors (Lipinski definition) is 0. The van der Waals surface area contributed by atoms with Gasteiger partial charge in [0.05, 0.1) is 12.7 Å². The van der Waals surface area contributed by atoms with Crippen LogP contribution in [0.5, 0.6) is 0 Å². The van der Waals surface area contributed by atoms with Gasteiger partial charge >= 0.3 is 11.9 Å². The Labute approximate surface area is 184 Å². The van der Waals surface area contributed by atoms with Crippen molar-refractivity contribution in [2.75, 3.05) is 19.8 Å². The molecule has 0 saturated carbocycles. The zero-order valence-corrected chi connectivity index (χ0v) is 19.8. The van der Waals surface area contributed by atoms with E-state index in [2.05, 4.69) is 6.92 Å². The lowest BCUT2D eigenvalue weighted by atomic mass is 9.82. The van der Waals surface area contributed by atoms with Gasteiger partial charge in [0.15, 0.2) is 5.41 Å². The molecule has 0 amide bonds. The molecule has 0 aromatic heterocycles. The van der Waals surface area contributed by atoms with Crippen molar-refractivity contribution in [3.8, 4) is 0 Å². The fourth-order valence-electron chi connectivity index (χ4n) is 4.06. The van der Waals surface area contributed by atoms with E-state index in [-0.39, 0.29) is 12.7 Å². The summed E-state index contributed by atoms with van der Waals surface area (Å²) in [6, 6.07) is 0. The largest absolute Gasteiger partial charge is 0.465 e. The molecule has 1 rings (SSSR count). The van der Waals surface area contributed by atoms with Crippen molar-refractivity contribution < 1.29 is 23.8 Å². The Balaban J connectivity index is 2.17. The van der Waals surface area contributed by atoms with E-state index in [4.69, 9.17) is 14.2 Å². The molecule has 0 aromatic rings. The van der Waals surface area contributed by atoms with Gasteiger partial charge in [0.1, 0.15) is 6.61 Å². The number of carbonyl (C=O) groups excluding carboxylic acids is 2. The molecule has 5 heteroatoms. The highest BCUT2D eigenvalue weighted by Gasteiger charge is 2.46. The van der Waals surface area contributed by atoms with Gasteiger partial charge in [0, 0.05) is 6.61 Å². The second kappa shape index (κ2) is 16.6. The summed E-state index contributed by atoms with van der Waals surface area (Å²) in [5, 5.41) is 0. The summed E-state index contributed by atoms with van der Waals surface area (Å²) >= 11 is 0. The van der Waals surface area contributed by atoms with Crippen LogP contribution in [0.25, 0.3) is 0 Å². The number of ether oxygens (including phenoxy) is 3. The lowest BCUT2D eigenvalue weighted by molar-refractivity contribution is -0.175. The zero-order chi connectivity index (χ0) is 22.1. The topological polar surface area (TPSA) is 61.8 Å². The van der Waals surface area contributed by atoms with E-state index < -0.39 is 17.4 Å². The molecule has 1 aliphatic heterocycles. The molecule has 1 aliphatic rings. The predicted molar refractivity (Wildman–Crippen MR) is 120 cm³/mol. The van der Waals surface area contributed by atoms with Gasteiger partial charge in [0.25, 0.3) is 0 Å². The van der Waals surface area contributed by atoms with Gasteiger partial charge in [-0.2, -0.15) is 0 Å². The van der Waals surface area contributed by atoms with Crippen molar-refractivity contribution in [3.63, 3.8) is 0 Å². The summed E-state index contributed by atoms with van der Waals surface area (Å²) in [7, 11) is 0. The summed E-state index contributed by atoms with van der Waals surface area (Å²) < 4.78 is 16.4. The van der Waals surface area contributed by atoms with Crippen LogP contribution in [-0.4, -0.2) is 37.9 Å². The number of hydrogen-bond acceptors (Lipinski definition) is 5. The quantitative estimate of drug-likeness (QED) is 0.145. The van der Waals surface area contributed by atoms with Crippen LogP contribution in [0.15, 0.2) is 0 Å². The normalized spacial score (nSPS) is 16.6. The van der Waals surface area contributed by atoms with Crippen LogP contribution < -0.4 is 0 Å². The molecule has 30 heavy (non-hydrogen) atoms. The number of rotatable bonds is 18. The molecule has 1 unspecified atom stereocenters. The van der Waals surface area contributed by atoms with E-state index in [9.17, 15) is 9.59 Å². The zero-order valence-electron chi connectivity index (χ0n) is 19.8. The molecule has 0 aliphatic carbocycles. The molecule has 0 radical (unpaired) electrons. The van der Waals surface area contributed by atoms with E-state index in [0.717, 1.165) is 32.3 Å². The fourth-order valence-corrected chi connectivity index (χ4v) is 4.06. The Morgan fingerprint density at radius 2 is 1.33 bits per heavy atom. The van der Waals surface area contributed by atoms with E-state index in [1.807, 2.05) is 13.8 Å². The number of esters is 2. The molecule has 0 aromatic carbocycles. The van der Waals surface area contributed by atoms with E-state index in [1.165, 1.54) is 57.8 Å². The van der Waals surface area contributed by atoms with Gasteiger partial charge in [-0.3, -0.25) is 9.59 Å². The lowest BCUT2D eigenvalue weighted by Gasteiger charge is -2.27. The predicted octanol–water partition coefficient (Wildman–Crippen LogP) is 6.37. The summed E-state index contributed by atoms with van der Waals surface area (Å²) in [4.78, 5) is 25.4. The first-order valence-corrected chi connectivity index (χ1v) is 12.6. The van der Waals surface area contributed by atoms with Crippen LogP contribution in [-0.2, 0) is 23.8 Å². The van der Waals surface area contributed by atoms with Crippen molar-refractivity contribution in [3.05, 3.63) is 0 Å². The average Bonchev–Trinajstić information content (AvgIpc) is 3.28. The van der Waals surface area contributed by atoms with Gasteiger partial charge in [-0.25, -0.2) is 0 Å². The Morgan fingerprint density at radius 3 is 1.83 bits per heavy atom. The second-order valence-corrected chi connectivity index (χ2v) is 8.69. The standard InChI is InChI=1S/C25H46O5/c1-4-7-8-9-10-11-12-13-14-15-16-19-29-23(26)25(5-2,6-3)24(27)30-21-22-18-17-20-28-22/h22H,4-21H2,1-3H3. The molecule has 1 heterocycles. The van der Waals surface area contributed by atoms with E-state index >= 15 is 0 Å². The Hall–Kier alpha value is -1.10. The first kappa shape index (κ1) is 26.9. The van der Waals surface area contributed by atoms with Crippen LogP contribution in [0, 0.1) is 5.41 Å². The number of unbranched alkanes of at least 4 members (excludes halogenated alkanes) is 10. The lowest BCUT2D eigenvalue weighted by Crippen LogP contribution is -2.42. The highest BCUT2D eigenvalue weighted by molar-refractivity contribution is 6.00. The molecule has 176 valence electrons. The van der Waals surface area contributed by atoms with E-state index in [0.29, 0.717) is 19.4 Å². The minimum absolute atomic E-state index is 0.0345. The van der Waals surface area contributed by atoms with Crippen molar-refractivity contribution in [1.29, 1.82) is 0 Å². The smallest absolute Gasteiger partial charge is 0.323 e. The molecular formula is C25H46O5. The summed E-state index contributed by atoms with van der Waals surface area (Å²) in [6.45, 7) is 7.28. The molecule has 0 bridgehead atoms. The van der Waals surface area contributed by atoms with Crippen molar-refractivity contribution in [1.82, 2.24) is 0 Å². The maximum absolute atomic E-state index is 12.7. The molecule has 0 N–H and O–H groups in total. The van der Waals surface area contributed by atoms with Crippen molar-refractivity contribution >= 4 is 11.9 Å². The van der Waals surface area contributed by atoms with Gasteiger partial charge in [-0.15, -0.1) is 0 Å². The molecule has 0 spiro atoms. The third kappa shape index (κ3) is 9.80. The summed E-state index contributed by atoms with van der Waals surface area (Å²) in [6.07, 6.45) is 16.4. The molecule has 1 fully saturated rings. The minimum atomic E-state index is -1.18. The monoisotopic (exact) mass is 426 g/mol. The Morgan fingerprint density at radius 1 is 0.800 bits per heavy atom. The maximum Gasteiger partial charge on any atom is 0.323 e. The molecule has 1 atom stereocenters. The minimum Gasteiger partial charge on any atom is -0.465 e. The summed E-state index contributed by atoms with van der Waals surface area (Å²) in [5.74, 6) is -0.899. The Kier molecular flexibility index (Phi) is 14.9. The van der Waals surface area contributed by atoms with Gasteiger partial charge < -0.3 is 14.2 Å². The van der Waals surface area contributed by atoms with Crippen LogP contribution in [0.1, 0.15) is 117 Å². The molecular weight excluding hydrogens is 380 g/mol. The Bertz CT molecular complexity index is 452. The highest BCUT2D eigenvalue weighted by Crippen LogP contribution is 2.30. The number of carbonyl (C=O) groups is 2. The van der Waals surface area contributed by atoms with Crippen molar-refractivity contribution in [2.45, 2.75) is 123 Å². The van der Waals surface area contributed by atoms with Crippen molar-refractivity contribution in [2.24, 2.45) is 5.41 Å². The SMILES string of the molecule is CCCCCCCCCCCCCOC(=O)C(CC)(CC)C(=O)OCC1CCCO1.